The SMILES string of the molecule is COc1cc(C=O)ccc1OCC(=O)NCc1ccccc1CN(C)C. The standard InChI is InChI=1S/C20H24N2O4/c1-22(2)12-17-7-5-4-6-16(17)11-21-20(24)14-26-18-9-8-15(13-23)10-19(18)25-3/h4-10,13H,11-12,14H2,1-3H3,(H,21,24). The molecule has 2 rings (SSSR count). The van der Waals surface area contributed by atoms with Crippen molar-refractivity contribution >= 4 is 12.2 Å². The van der Waals surface area contributed by atoms with E-state index in [0.717, 1.165) is 18.4 Å². The third kappa shape index (κ3) is 5.60. The zero-order valence-corrected chi connectivity index (χ0v) is 15.3. The van der Waals surface area contributed by atoms with E-state index in [1.54, 1.807) is 18.2 Å². The number of nitrogens with zero attached hydrogens (tertiary/aromatic N) is 1. The highest BCUT2D eigenvalue weighted by molar-refractivity contribution is 5.78. The predicted molar refractivity (Wildman–Crippen MR) is 99.6 cm³/mol. The van der Waals surface area contributed by atoms with Crippen molar-refractivity contribution in [2.45, 2.75) is 13.1 Å². The first-order valence-corrected chi connectivity index (χ1v) is 8.27. The molecule has 0 fully saturated rings. The highest BCUT2D eigenvalue weighted by atomic mass is 16.5. The smallest absolute Gasteiger partial charge is 0.258 e. The van der Waals surface area contributed by atoms with E-state index in [4.69, 9.17) is 9.47 Å². The van der Waals surface area contributed by atoms with Crippen molar-refractivity contribution in [3.63, 3.8) is 0 Å². The second-order valence-electron chi connectivity index (χ2n) is 6.10. The minimum atomic E-state index is -0.230. The number of ether oxygens (including phenoxy) is 2. The van der Waals surface area contributed by atoms with Crippen LogP contribution in [0.2, 0.25) is 0 Å². The van der Waals surface area contributed by atoms with Crippen molar-refractivity contribution in [2.75, 3.05) is 27.8 Å². The lowest BCUT2D eigenvalue weighted by Gasteiger charge is -2.15. The maximum Gasteiger partial charge on any atom is 0.258 e. The van der Waals surface area contributed by atoms with Gasteiger partial charge in [0.1, 0.15) is 6.29 Å². The minimum absolute atomic E-state index is 0.132. The summed E-state index contributed by atoms with van der Waals surface area (Å²) in [7, 11) is 5.50. The van der Waals surface area contributed by atoms with Crippen LogP contribution in [0.4, 0.5) is 0 Å². The number of hydrogen-bond acceptors (Lipinski definition) is 5. The average Bonchev–Trinajstić information content (AvgIpc) is 2.65. The first kappa shape index (κ1) is 19.5. The second kappa shape index (κ2) is 9.58. The fraction of sp³-hybridized carbons (Fsp3) is 0.300. The van der Waals surface area contributed by atoms with E-state index in [2.05, 4.69) is 16.3 Å². The van der Waals surface area contributed by atoms with Gasteiger partial charge in [0.15, 0.2) is 18.1 Å². The number of benzene rings is 2. The molecule has 0 radical (unpaired) electrons. The Hall–Kier alpha value is -2.86. The molecule has 1 N–H and O–H groups in total. The van der Waals surface area contributed by atoms with Gasteiger partial charge in [0, 0.05) is 18.7 Å². The molecule has 0 aliphatic carbocycles. The van der Waals surface area contributed by atoms with Crippen LogP contribution in [0.15, 0.2) is 42.5 Å². The van der Waals surface area contributed by atoms with Crippen LogP contribution in [0.1, 0.15) is 21.5 Å². The van der Waals surface area contributed by atoms with E-state index in [0.29, 0.717) is 23.6 Å². The molecule has 0 aromatic heterocycles. The van der Waals surface area contributed by atoms with Crippen molar-refractivity contribution < 1.29 is 19.1 Å². The Bertz CT molecular complexity index is 759. The summed E-state index contributed by atoms with van der Waals surface area (Å²) in [5.41, 5.74) is 2.73. The van der Waals surface area contributed by atoms with E-state index in [9.17, 15) is 9.59 Å². The highest BCUT2D eigenvalue weighted by Crippen LogP contribution is 2.27. The van der Waals surface area contributed by atoms with Crippen molar-refractivity contribution in [3.05, 3.63) is 59.2 Å². The number of carbonyl (C=O) groups is 2. The summed E-state index contributed by atoms with van der Waals surface area (Å²) in [6.07, 6.45) is 0.726. The number of methoxy groups -OCH3 is 1. The molecule has 2 aromatic carbocycles. The molecular formula is C20H24N2O4. The molecule has 0 aliphatic rings. The van der Waals surface area contributed by atoms with Crippen LogP contribution in [0.5, 0.6) is 11.5 Å². The first-order chi connectivity index (χ1) is 12.5. The monoisotopic (exact) mass is 356 g/mol. The summed E-state index contributed by atoms with van der Waals surface area (Å²) in [5, 5.41) is 2.86. The molecule has 1 amide bonds. The number of hydrogen-bond donors (Lipinski definition) is 1. The topological polar surface area (TPSA) is 67.9 Å². The third-order valence-electron chi connectivity index (χ3n) is 3.76. The summed E-state index contributed by atoms with van der Waals surface area (Å²) < 4.78 is 10.7. The lowest BCUT2D eigenvalue weighted by Crippen LogP contribution is -2.29. The molecule has 138 valence electrons. The van der Waals surface area contributed by atoms with E-state index in [1.165, 1.54) is 12.7 Å². The highest BCUT2D eigenvalue weighted by Gasteiger charge is 2.10. The zero-order valence-electron chi connectivity index (χ0n) is 15.3. The maximum atomic E-state index is 12.1. The molecular weight excluding hydrogens is 332 g/mol. The fourth-order valence-electron chi connectivity index (χ4n) is 2.49. The molecule has 6 nitrogen and oxygen atoms in total. The van der Waals surface area contributed by atoms with Gasteiger partial charge in [-0.15, -0.1) is 0 Å². The summed E-state index contributed by atoms with van der Waals surface area (Å²) in [4.78, 5) is 25.0. The summed E-state index contributed by atoms with van der Waals surface area (Å²) >= 11 is 0. The number of amides is 1. The molecule has 0 spiro atoms. The third-order valence-corrected chi connectivity index (χ3v) is 3.76. The number of nitrogens with one attached hydrogen (secondary N) is 1. The molecule has 2 aromatic rings. The predicted octanol–water partition coefficient (Wildman–Crippen LogP) is 2.26. The molecule has 26 heavy (non-hydrogen) atoms. The molecule has 0 aliphatic heterocycles. The Kier molecular flexibility index (Phi) is 7.17. The van der Waals surface area contributed by atoms with E-state index < -0.39 is 0 Å². The molecule has 0 atom stereocenters. The Morgan fingerprint density at radius 1 is 1.12 bits per heavy atom. The fourth-order valence-corrected chi connectivity index (χ4v) is 2.49. The van der Waals surface area contributed by atoms with Gasteiger partial charge in [-0.2, -0.15) is 0 Å². The van der Waals surface area contributed by atoms with E-state index in [-0.39, 0.29) is 12.5 Å². The quantitative estimate of drug-likeness (QED) is 0.698. The number of aldehydes is 1. The van der Waals surface area contributed by atoms with E-state index in [1.807, 2.05) is 32.3 Å². The Balaban J connectivity index is 1.91. The van der Waals surface area contributed by atoms with Crippen LogP contribution in [-0.4, -0.2) is 44.9 Å². The van der Waals surface area contributed by atoms with Crippen molar-refractivity contribution in [1.82, 2.24) is 10.2 Å². The Morgan fingerprint density at radius 2 is 1.85 bits per heavy atom. The molecule has 0 heterocycles. The number of rotatable bonds is 9. The Morgan fingerprint density at radius 3 is 2.50 bits per heavy atom. The van der Waals surface area contributed by atoms with Crippen LogP contribution < -0.4 is 14.8 Å². The van der Waals surface area contributed by atoms with E-state index >= 15 is 0 Å². The number of carbonyl (C=O) groups excluding carboxylic acids is 2. The van der Waals surface area contributed by atoms with Crippen LogP contribution in [0.25, 0.3) is 0 Å². The van der Waals surface area contributed by atoms with Gasteiger partial charge in [0.05, 0.1) is 7.11 Å². The van der Waals surface area contributed by atoms with Gasteiger partial charge in [0.25, 0.3) is 5.91 Å². The van der Waals surface area contributed by atoms with Crippen LogP contribution in [-0.2, 0) is 17.9 Å². The molecule has 0 saturated carbocycles. The largest absolute Gasteiger partial charge is 0.493 e. The summed E-state index contributed by atoms with van der Waals surface area (Å²) in [5.74, 6) is 0.603. The molecule has 0 unspecified atom stereocenters. The molecule has 0 bridgehead atoms. The van der Waals surface area contributed by atoms with Gasteiger partial charge >= 0.3 is 0 Å². The van der Waals surface area contributed by atoms with Crippen LogP contribution in [0.3, 0.4) is 0 Å². The van der Waals surface area contributed by atoms with Crippen molar-refractivity contribution in [1.29, 1.82) is 0 Å². The summed E-state index contributed by atoms with van der Waals surface area (Å²) in [6, 6.07) is 12.8. The van der Waals surface area contributed by atoms with Gasteiger partial charge in [-0.05, 0) is 43.4 Å². The lowest BCUT2D eigenvalue weighted by atomic mass is 10.1. The molecule has 6 heteroatoms. The Labute approximate surface area is 153 Å². The maximum absolute atomic E-state index is 12.1. The van der Waals surface area contributed by atoms with Crippen molar-refractivity contribution in [3.8, 4) is 11.5 Å². The molecule has 0 saturated heterocycles. The summed E-state index contributed by atoms with van der Waals surface area (Å²) in [6.45, 7) is 1.11. The first-order valence-electron chi connectivity index (χ1n) is 8.27. The van der Waals surface area contributed by atoms with Gasteiger partial charge in [-0.25, -0.2) is 0 Å². The minimum Gasteiger partial charge on any atom is -0.493 e. The van der Waals surface area contributed by atoms with Crippen LogP contribution >= 0.6 is 0 Å². The van der Waals surface area contributed by atoms with Crippen molar-refractivity contribution in [2.24, 2.45) is 0 Å². The van der Waals surface area contributed by atoms with Gasteiger partial charge in [-0.3, -0.25) is 9.59 Å². The average molecular weight is 356 g/mol. The van der Waals surface area contributed by atoms with Gasteiger partial charge in [-0.1, -0.05) is 24.3 Å². The van der Waals surface area contributed by atoms with Gasteiger partial charge in [0.2, 0.25) is 0 Å². The van der Waals surface area contributed by atoms with Crippen LogP contribution in [0, 0.1) is 0 Å². The zero-order chi connectivity index (χ0) is 18.9. The normalized spacial score (nSPS) is 10.5. The second-order valence-corrected chi connectivity index (χ2v) is 6.10. The van der Waals surface area contributed by atoms with Gasteiger partial charge < -0.3 is 19.7 Å². The lowest BCUT2D eigenvalue weighted by molar-refractivity contribution is -0.123.